The topological polar surface area (TPSA) is 85.8 Å². The molecule has 128 valence electrons. The summed E-state index contributed by atoms with van der Waals surface area (Å²) in [5, 5.41) is 11.8. The van der Waals surface area contributed by atoms with Crippen LogP contribution in [0.4, 0.5) is 0 Å². The zero-order chi connectivity index (χ0) is 17.1. The van der Waals surface area contributed by atoms with Crippen LogP contribution in [0.2, 0.25) is 0 Å². The van der Waals surface area contributed by atoms with E-state index in [0.717, 1.165) is 30.7 Å². The molecule has 1 aromatic carbocycles. The highest BCUT2D eigenvalue weighted by molar-refractivity contribution is 7.99. The number of hydrogen-bond donors (Lipinski definition) is 2. The molecule has 0 saturated heterocycles. The van der Waals surface area contributed by atoms with Crippen LogP contribution in [0.5, 0.6) is 0 Å². The summed E-state index contributed by atoms with van der Waals surface area (Å²) in [6.07, 6.45) is 3.25. The van der Waals surface area contributed by atoms with Gasteiger partial charge in [0.1, 0.15) is 0 Å². The van der Waals surface area contributed by atoms with Gasteiger partial charge in [-0.1, -0.05) is 43.0 Å². The lowest BCUT2D eigenvalue weighted by Crippen LogP contribution is -2.28. The Labute approximate surface area is 146 Å². The maximum absolute atomic E-state index is 12.2. The number of carbonyl (C=O) groups excluding carboxylic acids is 1. The molecule has 1 saturated carbocycles. The van der Waals surface area contributed by atoms with Gasteiger partial charge in [-0.3, -0.25) is 4.79 Å². The molecule has 0 radical (unpaired) electrons. The zero-order valence-corrected chi connectivity index (χ0v) is 14.8. The average molecular weight is 345 g/mol. The fourth-order valence-corrected chi connectivity index (χ4v) is 3.22. The van der Waals surface area contributed by atoms with Crippen molar-refractivity contribution in [3.63, 3.8) is 0 Å². The summed E-state index contributed by atoms with van der Waals surface area (Å²) < 4.78 is 1.52. The van der Waals surface area contributed by atoms with E-state index in [2.05, 4.69) is 46.7 Å². The van der Waals surface area contributed by atoms with Crippen LogP contribution < -0.4 is 11.2 Å². The summed E-state index contributed by atoms with van der Waals surface area (Å²) in [4.78, 5) is 12.2. The van der Waals surface area contributed by atoms with Crippen LogP contribution in [0.3, 0.4) is 0 Å². The van der Waals surface area contributed by atoms with Gasteiger partial charge in [-0.25, -0.2) is 4.68 Å². The van der Waals surface area contributed by atoms with Crippen molar-refractivity contribution in [2.75, 3.05) is 11.6 Å². The number of aryl methyl sites for hydroxylation is 1. The van der Waals surface area contributed by atoms with E-state index in [0.29, 0.717) is 11.1 Å². The Morgan fingerprint density at radius 3 is 2.71 bits per heavy atom. The molecule has 24 heavy (non-hydrogen) atoms. The molecular formula is C17H23N5OS. The predicted molar refractivity (Wildman–Crippen MR) is 95.2 cm³/mol. The van der Waals surface area contributed by atoms with Gasteiger partial charge in [0.05, 0.1) is 11.8 Å². The van der Waals surface area contributed by atoms with Gasteiger partial charge in [-0.2, -0.15) is 0 Å². The molecule has 1 amide bonds. The quantitative estimate of drug-likeness (QED) is 0.594. The van der Waals surface area contributed by atoms with Crippen LogP contribution in [0, 0.1) is 0 Å². The summed E-state index contributed by atoms with van der Waals surface area (Å²) in [7, 11) is 0. The van der Waals surface area contributed by atoms with E-state index in [1.165, 1.54) is 22.0 Å². The second-order valence-corrected chi connectivity index (χ2v) is 7.10. The first-order chi connectivity index (χ1) is 11.6. The number of carbonyl (C=O) groups is 1. The summed E-state index contributed by atoms with van der Waals surface area (Å²) in [5.74, 6) is 7.49. The third-order valence-electron chi connectivity index (χ3n) is 4.23. The summed E-state index contributed by atoms with van der Waals surface area (Å²) in [6, 6.07) is 8.30. The fourth-order valence-electron chi connectivity index (χ4n) is 2.55. The summed E-state index contributed by atoms with van der Waals surface area (Å²) in [5.41, 5.74) is 2.39. The Morgan fingerprint density at radius 1 is 1.38 bits per heavy atom. The lowest BCUT2D eigenvalue weighted by Gasteiger charge is -2.14. The van der Waals surface area contributed by atoms with Crippen molar-refractivity contribution in [1.29, 1.82) is 0 Å². The third kappa shape index (κ3) is 3.90. The molecule has 3 N–H and O–H groups in total. The Morgan fingerprint density at radius 2 is 2.08 bits per heavy atom. The molecule has 1 aromatic heterocycles. The van der Waals surface area contributed by atoms with E-state index < -0.39 is 0 Å². The minimum absolute atomic E-state index is 0.0261. The van der Waals surface area contributed by atoms with E-state index in [1.54, 1.807) is 0 Å². The SMILES string of the molecule is CCc1ccc([C@H](C)NC(=O)CSc2nnc(C3CC3)n2N)cc1. The highest BCUT2D eigenvalue weighted by Crippen LogP contribution is 2.39. The number of hydrogen-bond acceptors (Lipinski definition) is 5. The first kappa shape index (κ1) is 16.8. The van der Waals surface area contributed by atoms with Gasteiger partial charge in [-0.15, -0.1) is 10.2 Å². The average Bonchev–Trinajstić information content (AvgIpc) is 3.36. The lowest BCUT2D eigenvalue weighted by atomic mass is 10.1. The number of nitrogen functional groups attached to an aromatic ring is 1. The molecule has 2 aromatic rings. The van der Waals surface area contributed by atoms with E-state index in [1.807, 2.05) is 6.92 Å². The molecule has 0 unspecified atom stereocenters. The first-order valence-electron chi connectivity index (χ1n) is 8.30. The predicted octanol–water partition coefficient (Wildman–Crippen LogP) is 2.40. The second kappa shape index (κ2) is 7.25. The minimum Gasteiger partial charge on any atom is -0.349 e. The molecule has 0 aliphatic heterocycles. The lowest BCUT2D eigenvalue weighted by molar-refractivity contribution is -0.119. The van der Waals surface area contributed by atoms with Gasteiger partial charge in [0.15, 0.2) is 5.82 Å². The summed E-state index contributed by atoms with van der Waals surface area (Å²) in [6.45, 7) is 4.11. The second-order valence-electron chi connectivity index (χ2n) is 6.16. The maximum atomic E-state index is 12.2. The van der Waals surface area contributed by atoms with Crippen LogP contribution in [-0.4, -0.2) is 26.5 Å². The number of aromatic nitrogens is 3. The number of rotatable bonds is 7. The van der Waals surface area contributed by atoms with E-state index >= 15 is 0 Å². The van der Waals surface area contributed by atoms with Crippen molar-refractivity contribution in [2.45, 2.75) is 50.2 Å². The molecule has 6 nitrogen and oxygen atoms in total. The van der Waals surface area contributed by atoms with Gasteiger partial charge >= 0.3 is 0 Å². The monoisotopic (exact) mass is 345 g/mol. The van der Waals surface area contributed by atoms with E-state index in [-0.39, 0.29) is 17.7 Å². The highest BCUT2D eigenvalue weighted by atomic mass is 32.2. The number of nitrogens with zero attached hydrogens (tertiary/aromatic N) is 3. The van der Waals surface area contributed by atoms with Gasteiger partial charge in [0, 0.05) is 5.92 Å². The standard InChI is InChI=1S/C17H23N5OS/c1-3-12-4-6-13(7-5-12)11(2)19-15(23)10-24-17-21-20-16(22(17)18)14-8-9-14/h4-7,11,14H,3,8-10,18H2,1-2H3,(H,19,23)/t11-/m0/s1. The van der Waals surface area contributed by atoms with Crippen LogP contribution >= 0.6 is 11.8 Å². The smallest absolute Gasteiger partial charge is 0.230 e. The third-order valence-corrected chi connectivity index (χ3v) is 5.17. The van der Waals surface area contributed by atoms with E-state index in [9.17, 15) is 4.79 Å². The molecule has 1 heterocycles. The molecule has 3 rings (SSSR count). The minimum atomic E-state index is -0.0389. The number of benzene rings is 1. The van der Waals surface area contributed by atoms with E-state index in [4.69, 9.17) is 5.84 Å². The van der Waals surface area contributed by atoms with Gasteiger partial charge in [0.25, 0.3) is 0 Å². The molecule has 1 aliphatic carbocycles. The maximum Gasteiger partial charge on any atom is 0.230 e. The van der Waals surface area contributed by atoms with Crippen molar-refractivity contribution < 1.29 is 4.79 Å². The fraction of sp³-hybridized carbons (Fsp3) is 0.471. The number of amides is 1. The Kier molecular flexibility index (Phi) is 5.08. The molecule has 1 aliphatic rings. The molecule has 0 bridgehead atoms. The highest BCUT2D eigenvalue weighted by Gasteiger charge is 2.30. The van der Waals surface area contributed by atoms with Crippen LogP contribution in [0.1, 0.15) is 55.6 Å². The van der Waals surface area contributed by atoms with Gasteiger partial charge in [-0.05, 0) is 37.3 Å². The van der Waals surface area contributed by atoms with Gasteiger partial charge < -0.3 is 11.2 Å². The Hall–Kier alpha value is -2.02. The van der Waals surface area contributed by atoms with Crippen LogP contribution in [0.25, 0.3) is 0 Å². The first-order valence-corrected chi connectivity index (χ1v) is 9.28. The normalized spacial score (nSPS) is 15.2. The van der Waals surface area contributed by atoms with Crippen molar-refractivity contribution in [2.24, 2.45) is 0 Å². The number of thioether (sulfide) groups is 1. The van der Waals surface area contributed by atoms with Crippen molar-refractivity contribution in [1.82, 2.24) is 20.2 Å². The largest absolute Gasteiger partial charge is 0.349 e. The van der Waals surface area contributed by atoms with Crippen LogP contribution in [-0.2, 0) is 11.2 Å². The Balaban J connectivity index is 1.51. The van der Waals surface area contributed by atoms with Crippen molar-refractivity contribution >= 4 is 17.7 Å². The molecule has 1 fully saturated rings. The van der Waals surface area contributed by atoms with Crippen LogP contribution in [0.15, 0.2) is 29.4 Å². The molecule has 7 heteroatoms. The summed E-state index contributed by atoms with van der Waals surface area (Å²) >= 11 is 1.32. The molecular weight excluding hydrogens is 322 g/mol. The zero-order valence-electron chi connectivity index (χ0n) is 14.0. The number of nitrogens with two attached hydrogens (primary N) is 1. The van der Waals surface area contributed by atoms with Crippen molar-refractivity contribution in [3.05, 3.63) is 41.2 Å². The van der Waals surface area contributed by atoms with Crippen molar-refractivity contribution in [3.8, 4) is 0 Å². The number of nitrogens with one attached hydrogen (secondary N) is 1. The Bertz CT molecular complexity index is 708. The molecule has 1 atom stereocenters. The molecule has 0 spiro atoms. The van der Waals surface area contributed by atoms with Gasteiger partial charge in [0.2, 0.25) is 11.1 Å².